The minimum atomic E-state index is -0.266. The molecule has 0 radical (unpaired) electrons. The molecular weight excluding hydrogens is 361 g/mol. The molecule has 7 nitrogen and oxygen atoms in total. The SMILES string of the molecule is CCOC(=O)N1CCC(NC(N)=NCc2ccc(N(CC)CC)c(F)c2)CC1. The molecule has 0 bridgehead atoms. The van der Waals surface area contributed by atoms with Crippen LogP contribution in [-0.2, 0) is 11.3 Å². The second-order valence-electron chi connectivity index (χ2n) is 6.76. The Morgan fingerprint density at radius 2 is 2.00 bits per heavy atom. The summed E-state index contributed by atoms with van der Waals surface area (Å²) in [5, 5.41) is 3.19. The Balaban J connectivity index is 1.85. The maximum absolute atomic E-state index is 14.3. The first kappa shape index (κ1) is 21.8. The van der Waals surface area contributed by atoms with Gasteiger partial charge < -0.3 is 25.6 Å². The Bertz CT molecular complexity index is 671. The summed E-state index contributed by atoms with van der Waals surface area (Å²) in [7, 11) is 0. The number of halogens is 1. The number of nitrogens with two attached hydrogens (primary N) is 1. The van der Waals surface area contributed by atoms with Crippen molar-refractivity contribution in [2.45, 2.75) is 46.2 Å². The molecule has 3 N–H and O–H groups in total. The third-order valence-electron chi connectivity index (χ3n) is 4.92. The van der Waals surface area contributed by atoms with Crippen molar-refractivity contribution in [2.24, 2.45) is 10.7 Å². The minimum Gasteiger partial charge on any atom is -0.450 e. The Morgan fingerprint density at radius 1 is 1.32 bits per heavy atom. The van der Waals surface area contributed by atoms with Gasteiger partial charge in [0, 0.05) is 32.2 Å². The van der Waals surface area contributed by atoms with Crippen LogP contribution in [-0.4, -0.2) is 55.8 Å². The van der Waals surface area contributed by atoms with Crippen LogP contribution >= 0.6 is 0 Å². The molecule has 1 aliphatic rings. The highest BCUT2D eigenvalue weighted by molar-refractivity contribution is 5.78. The molecule has 1 heterocycles. The summed E-state index contributed by atoms with van der Waals surface area (Å²) < 4.78 is 19.4. The highest BCUT2D eigenvalue weighted by atomic mass is 19.1. The predicted molar refractivity (Wildman–Crippen MR) is 110 cm³/mol. The average Bonchev–Trinajstić information content (AvgIpc) is 2.69. The van der Waals surface area contributed by atoms with Gasteiger partial charge in [-0.3, -0.25) is 0 Å². The molecule has 156 valence electrons. The van der Waals surface area contributed by atoms with E-state index in [1.165, 1.54) is 6.07 Å². The van der Waals surface area contributed by atoms with E-state index in [-0.39, 0.29) is 18.0 Å². The van der Waals surface area contributed by atoms with E-state index in [1.807, 2.05) is 24.8 Å². The number of likely N-dealkylation sites (tertiary alicyclic amines) is 1. The Kier molecular flexibility index (Phi) is 8.35. The number of hydrogen-bond donors (Lipinski definition) is 2. The van der Waals surface area contributed by atoms with Crippen LogP contribution in [0, 0.1) is 5.82 Å². The number of guanidine groups is 1. The van der Waals surface area contributed by atoms with Gasteiger partial charge in [-0.05, 0) is 51.3 Å². The van der Waals surface area contributed by atoms with E-state index < -0.39 is 0 Å². The number of amides is 1. The summed E-state index contributed by atoms with van der Waals surface area (Å²) in [4.78, 5) is 19.7. The number of carbonyl (C=O) groups excluding carboxylic acids is 1. The number of piperidine rings is 1. The van der Waals surface area contributed by atoms with Crippen molar-refractivity contribution >= 4 is 17.7 Å². The lowest BCUT2D eigenvalue weighted by Crippen LogP contribution is -2.48. The van der Waals surface area contributed by atoms with Crippen LogP contribution in [0.4, 0.5) is 14.9 Å². The number of hydrogen-bond acceptors (Lipinski definition) is 4. The summed E-state index contributed by atoms with van der Waals surface area (Å²) in [5.74, 6) is 0.0945. The average molecular weight is 394 g/mol. The lowest BCUT2D eigenvalue weighted by Gasteiger charge is -2.31. The largest absolute Gasteiger partial charge is 0.450 e. The number of anilines is 1. The van der Waals surface area contributed by atoms with Crippen molar-refractivity contribution in [3.05, 3.63) is 29.6 Å². The standard InChI is InChI=1S/C20H32FN5O2/c1-4-25(5-2)18-8-7-15(13-17(18)21)14-23-19(22)24-16-9-11-26(12-10-16)20(27)28-6-3/h7-8,13,16H,4-6,9-12,14H2,1-3H3,(H3,22,23,24). The number of benzene rings is 1. The van der Waals surface area contributed by atoms with E-state index in [9.17, 15) is 9.18 Å². The van der Waals surface area contributed by atoms with E-state index in [4.69, 9.17) is 10.5 Å². The second kappa shape index (κ2) is 10.7. The molecule has 1 aliphatic heterocycles. The minimum absolute atomic E-state index is 0.163. The molecule has 0 spiro atoms. The molecule has 1 amide bonds. The van der Waals surface area contributed by atoms with Gasteiger partial charge in [-0.2, -0.15) is 0 Å². The van der Waals surface area contributed by atoms with E-state index >= 15 is 0 Å². The summed E-state index contributed by atoms with van der Waals surface area (Å²) in [6.07, 6.45) is 1.29. The topological polar surface area (TPSA) is 83.2 Å². The molecule has 0 saturated carbocycles. The Hall–Kier alpha value is -2.51. The third kappa shape index (κ3) is 6.00. The number of aliphatic imine (C=N–C) groups is 1. The Labute approximate surface area is 166 Å². The zero-order valence-electron chi connectivity index (χ0n) is 17.1. The van der Waals surface area contributed by atoms with Crippen LogP contribution in [0.2, 0.25) is 0 Å². The van der Waals surface area contributed by atoms with Crippen LogP contribution in [0.1, 0.15) is 39.2 Å². The quantitative estimate of drug-likeness (QED) is 0.550. The smallest absolute Gasteiger partial charge is 0.409 e. The lowest BCUT2D eigenvalue weighted by atomic mass is 10.1. The number of nitrogens with one attached hydrogen (secondary N) is 1. The van der Waals surface area contributed by atoms with Crippen molar-refractivity contribution < 1.29 is 13.9 Å². The number of nitrogens with zero attached hydrogens (tertiary/aromatic N) is 3. The van der Waals surface area contributed by atoms with Gasteiger partial charge in [-0.15, -0.1) is 0 Å². The molecule has 0 aromatic heterocycles. The molecule has 1 aromatic rings. The van der Waals surface area contributed by atoms with Crippen LogP contribution in [0.25, 0.3) is 0 Å². The maximum atomic E-state index is 14.3. The van der Waals surface area contributed by atoms with Crippen LogP contribution in [0.5, 0.6) is 0 Å². The van der Waals surface area contributed by atoms with Gasteiger partial charge in [0.05, 0.1) is 18.8 Å². The zero-order valence-corrected chi connectivity index (χ0v) is 17.1. The molecule has 1 aromatic carbocycles. The molecule has 0 aliphatic carbocycles. The molecule has 1 fully saturated rings. The fraction of sp³-hybridized carbons (Fsp3) is 0.600. The van der Waals surface area contributed by atoms with Gasteiger partial charge in [-0.1, -0.05) is 6.07 Å². The highest BCUT2D eigenvalue weighted by Crippen LogP contribution is 2.20. The third-order valence-corrected chi connectivity index (χ3v) is 4.92. The lowest BCUT2D eigenvalue weighted by molar-refractivity contribution is 0.0963. The molecule has 28 heavy (non-hydrogen) atoms. The van der Waals surface area contributed by atoms with Crippen molar-refractivity contribution in [2.75, 3.05) is 37.7 Å². The molecule has 0 atom stereocenters. The van der Waals surface area contributed by atoms with Crippen LogP contribution in [0.3, 0.4) is 0 Å². The van der Waals surface area contributed by atoms with Crippen molar-refractivity contribution in [1.29, 1.82) is 0 Å². The first-order chi connectivity index (χ1) is 13.5. The van der Waals surface area contributed by atoms with Crippen LogP contribution < -0.4 is 16.0 Å². The summed E-state index contributed by atoms with van der Waals surface area (Å²) in [6.45, 7) is 9.28. The van der Waals surface area contributed by atoms with E-state index in [1.54, 1.807) is 17.9 Å². The number of rotatable bonds is 7. The first-order valence-electron chi connectivity index (χ1n) is 9.99. The number of ether oxygens (including phenoxy) is 1. The van der Waals surface area contributed by atoms with Gasteiger partial charge in [-0.25, -0.2) is 14.2 Å². The van der Waals surface area contributed by atoms with E-state index in [0.29, 0.717) is 37.9 Å². The van der Waals surface area contributed by atoms with Gasteiger partial charge in [0.15, 0.2) is 5.96 Å². The van der Waals surface area contributed by atoms with Crippen LogP contribution in [0.15, 0.2) is 23.2 Å². The zero-order chi connectivity index (χ0) is 20.5. The second-order valence-corrected chi connectivity index (χ2v) is 6.76. The number of carbonyl (C=O) groups is 1. The highest BCUT2D eigenvalue weighted by Gasteiger charge is 2.23. The van der Waals surface area contributed by atoms with Gasteiger partial charge >= 0.3 is 6.09 Å². The normalized spacial score (nSPS) is 15.4. The van der Waals surface area contributed by atoms with E-state index in [2.05, 4.69) is 10.3 Å². The van der Waals surface area contributed by atoms with E-state index in [0.717, 1.165) is 31.5 Å². The predicted octanol–water partition coefficient (Wildman–Crippen LogP) is 2.70. The maximum Gasteiger partial charge on any atom is 0.409 e. The van der Waals surface area contributed by atoms with Gasteiger partial charge in [0.1, 0.15) is 5.82 Å². The van der Waals surface area contributed by atoms with Gasteiger partial charge in [0.25, 0.3) is 0 Å². The van der Waals surface area contributed by atoms with Crippen molar-refractivity contribution in [1.82, 2.24) is 10.2 Å². The van der Waals surface area contributed by atoms with Crippen molar-refractivity contribution in [3.63, 3.8) is 0 Å². The molecule has 1 saturated heterocycles. The summed E-state index contributed by atoms with van der Waals surface area (Å²) >= 11 is 0. The Morgan fingerprint density at radius 3 is 2.57 bits per heavy atom. The molecule has 2 rings (SSSR count). The molecular formula is C20H32FN5O2. The summed E-state index contributed by atoms with van der Waals surface area (Å²) in [6, 6.07) is 5.35. The summed E-state index contributed by atoms with van der Waals surface area (Å²) in [5.41, 5.74) is 7.37. The first-order valence-corrected chi connectivity index (χ1v) is 9.99. The van der Waals surface area contributed by atoms with Gasteiger partial charge in [0.2, 0.25) is 0 Å². The van der Waals surface area contributed by atoms with Crippen molar-refractivity contribution in [3.8, 4) is 0 Å². The monoisotopic (exact) mass is 393 g/mol. The fourth-order valence-electron chi connectivity index (χ4n) is 3.32. The molecule has 8 heteroatoms. The fourth-order valence-corrected chi connectivity index (χ4v) is 3.32. The molecule has 0 unspecified atom stereocenters.